The Labute approximate surface area is 81.5 Å². The number of amides is 1. The first-order chi connectivity index (χ1) is 6.18. The first kappa shape index (κ1) is 11.7. The van der Waals surface area contributed by atoms with Crippen LogP contribution in [0.15, 0.2) is 24.3 Å². The maximum Gasteiger partial charge on any atom is 0.221 e. The molecule has 2 heteroatoms. The van der Waals surface area contributed by atoms with Gasteiger partial charge in [0.1, 0.15) is 0 Å². The summed E-state index contributed by atoms with van der Waals surface area (Å²) in [5, 5.41) is 2.71. The van der Waals surface area contributed by atoms with Gasteiger partial charge in [0, 0.05) is 14.0 Å². The highest BCUT2D eigenvalue weighted by atomic mass is 16.1. The van der Waals surface area contributed by atoms with E-state index in [-0.39, 0.29) is 7.33 Å². The van der Waals surface area contributed by atoms with Crippen LogP contribution in [0.4, 0.5) is 5.69 Å². The molecule has 0 heterocycles. The quantitative estimate of drug-likeness (QED) is 0.708. The first-order valence-corrected chi connectivity index (χ1v) is 4.53. The molecular formula is C11H19NO. The second kappa shape index (κ2) is 6.23. The largest absolute Gasteiger partial charge is 0.326 e. The number of carbonyl (C=O) groups excluding carboxylic acids is 1. The Kier molecular flexibility index (Phi) is 5.60. The summed E-state index contributed by atoms with van der Waals surface area (Å²) in [6.45, 7) is 7.49. The van der Waals surface area contributed by atoms with E-state index in [0.29, 0.717) is 0 Å². The number of hydrogen-bond donors (Lipinski definition) is 1. The van der Waals surface area contributed by atoms with Gasteiger partial charge in [-0.2, -0.15) is 0 Å². The zero-order valence-corrected chi connectivity index (χ0v) is 8.72. The molecule has 1 rings (SSSR count). The van der Waals surface area contributed by atoms with E-state index in [9.17, 15) is 4.79 Å². The van der Waals surface area contributed by atoms with Crippen molar-refractivity contribution in [3.8, 4) is 0 Å². The molecule has 1 N–H and O–H groups in total. The first-order valence-electron chi connectivity index (χ1n) is 4.53. The minimum Gasteiger partial charge on any atom is -0.326 e. The van der Waals surface area contributed by atoms with Crippen molar-refractivity contribution in [2.45, 2.75) is 27.7 Å². The molecule has 1 aromatic carbocycles. The highest BCUT2D eigenvalue weighted by Gasteiger charge is 1.93. The van der Waals surface area contributed by atoms with Crippen LogP contribution in [0.3, 0.4) is 0 Å². The zero-order chi connectivity index (χ0) is 10.3. The average Bonchev–Trinajstić information content (AvgIpc) is 2.06. The lowest BCUT2D eigenvalue weighted by atomic mass is 10.2. The van der Waals surface area contributed by atoms with Gasteiger partial charge in [0.25, 0.3) is 0 Å². The lowest BCUT2D eigenvalue weighted by Crippen LogP contribution is -2.05. The summed E-state index contributed by atoms with van der Waals surface area (Å²) in [5.41, 5.74) is 2.01. The van der Waals surface area contributed by atoms with Crippen molar-refractivity contribution in [3.63, 3.8) is 0 Å². The molecule has 74 valence electrons. The van der Waals surface area contributed by atoms with Crippen molar-refractivity contribution in [1.29, 1.82) is 0 Å². The van der Waals surface area contributed by atoms with Gasteiger partial charge in [-0.15, -0.1) is 0 Å². The van der Waals surface area contributed by atoms with Crippen LogP contribution in [-0.4, -0.2) is 5.91 Å². The van der Waals surface area contributed by atoms with Gasteiger partial charge in [0.05, 0.1) is 0 Å². The van der Waals surface area contributed by atoms with E-state index in [0.717, 1.165) is 11.3 Å². The summed E-state index contributed by atoms with van der Waals surface area (Å²) in [5.74, 6) is -0.0319. The maximum absolute atomic E-state index is 10.6. The van der Waals surface area contributed by atoms with Crippen LogP contribution in [0.1, 0.15) is 27.8 Å². The smallest absolute Gasteiger partial charge is 0.221 e. The highest BCUT2D eigenvalue weighted by Crippen LogP contribution is 2.08. The highest BCUT2D eigenvalue weighted by molar-refractivity contribution is 5.88. The van der Waals surface area contributed by atoms with Crippen molar-refractivity contribution in [1.82, 2.24) is 0 Å². The molecule has 1 amide bonds. The molecule has 0 radical (unpaired) electrons. The summed E-state index contributed by atoms with van der Waals surface area (Å²) in [7, 11) is 0. The summed E-state index contributed by atoms with van der Waals surface area (Å²) in [4.78, 5) is 10.6. The average molecular weight is 181 g/mol. The van der Waals surface area contributed by atoms with Crippen LogP contribution in [0, 0.1) is 6.92 Å². The van der Waals surface area contributed by atoms with Crippen LogP contribution in [0.5, 0.6) is 0 Å². The van der Waals surface area contributed by atoms with Crippen LogP contribution in [0.2, 0.25) is 0 Å². The lowest BCUT2D eigenvalue weighted by molar-refractivity contribution is -0.114. The third-order valence-electron chi connectivity index (χ3n) is 1.34. The number of aryl methyl sites for hydroxylation is 1. The lowest BCUT2D eigenvalue weighted by Gasteiger charge is -2.01. The van der Waals surface area contributed by atoms with Crippen molar-refractivity contribution in [3.05, 3.63) is 29.8 Å². The predicted molar refractivity (Wildman–Crippen MR) is 58.9 cm³/mol. The maximum atomic E-state index is 10.6. The molecule has 0 aliphatic heterocycles. The van der Waals surface area contributed by atoms with E-state index < -0.39 is 0 Å². The second-order valence-electron chi connectivity index (χ2n) is 2.55. The summed E-state index contributed by atoms with van der Waals surface area (Å²) < 4.78 is 0. The Morgan fingerprint density at radius 2 is 2.00 bits per heavy atom. The topological polar surface area (TPSA) is 29.1 Å². The molecule has 2 nitrogen and oxygen atoms in total. The van der Waals surface area contributed by atoms with Crippen molar-refractivity contribution < 1.29 is 6.22 Å². The molecule has 0 fully saturated rings. The number of hydrogen-bond acceptors (Lipinski definition) is 1. The van der Waals surface area contributed by atoms with Gasteiger partial charge in [-0.1, -0.05) is 26.0 Å². The van der Waals surface area contributed by atoms with Gasteiger partial charge < -0.3 is 5.32 Å². The van der Waals surface area contributed by atoms with E-state index in [1.165, 1.54) is 6.92 Å². The molecule has 0 saturated heterocycles. The van der Waals surface area contributed by atoms with Crippen LogP contribution >= 0.6 is 0 Å². The monoisotopic (exact) mass is 181 g/mol. The number of benzene rings is 1. The number of anilines is 1. The minimum atomic E-state index is -0.0319. The standard InChI is InChI=1S/C9H11NO.C2H6.H2/c1-7-4-3-5-9(6-7)10-8(2)11;1-2;/h3-6H,1-2H3,(H,10,11);1-2H3;1H. The van der Waals surface area contributed by atoms with Gasteiger partial charge in [-0.25, -0.2) is 0 Å². The van der Waals surface area contributed by atoms with Gasteiger partial charge in [-0.05, 0) is 24.6 Å². The van der Waals surface area contributed by atoms with Crippen molar-refractivity contribution >= 4 is 11.6 Å². The van der Waals surface area contributed by atoms with E-state index in [4.69, 9.17) is 0 Å². The van der Waals surface area contributed by atoms with E-state index in [1.54, 1.807) is 0 Å². The fourth-order valence-corrected chi connectivity index (χ4v) is 0.926. The van der Waals surface area contributed by atoms with E-state index in [1.807, 2.05) is 45.0 Å². The Morgan fingerprint density at radius 3 is 2.46 bits per heavy atom. The van der Waals surface area contributed by atoms with E-state index in [2.05, 4.69) is 5.32 Å². The molecule has 0 unspecified atom stereocenters. The fraction of sp³-hybridized carbons (Fsp3) is 0.364. The Bertz CT molecular complexity index is 274. The summed E-state index contributed by atoms with van der Waals surface area (Å²) in [6, 6.07) is 7.71. The van der Waals surface area contributed by atoms with Crippen LogP contribution in [0.25, 0.3) is 0 Å². The minimum absolute atomic E-state index is 0. The molecule has 0 aliphatic carbocycles. The molecular weight excluding hydrogens is 162 g/mol. The molecule has 0 aromatic heterocycles. The number of rotatable bonds is 1. The molecule has 0 bridgehead atoms. The Hall–Kier alpha value is -1.31. The molecule has 0 saturated carbocycles. The third kappa shape index (κ3) is 5.01. The summed E-state index contributed by atoms with van der Waals surface area (Å²) in [6.07, 6.45) is 0. The third-order valence-corrected chi connectivity index (χ3v) is 1.34. The predicted octanol–water partition coefficient (Wildman–Crippen LogP) is 3.23. The van der Waals surface area contributed by atoms with Gasteiger partial charge >= 0.3 is 0 Å². The zero-order valence-electron chi connectivity index (χ0n) is 8.72. The van der Waals surface area contributed by atoms with Crippen LogP contribution in [-0.2, 0) is 4.79 Å². The Balaban J connectivity index is 0. The molecule has 0 spiro atoms. The molecule has 13 heavy (non-hydrogen) atoms. The van der Waals surface area contributed by atoms with Gasteiger partial charge in [0.2, 0.25) is 5.91 Å². The molecule has 0 atom stereocenters. The van der Waals surface area contributed by atoms with Gasteiger partial charge in [0.15, 0.2) is 0 Å². The number of nitrogens with one attached hydrogen (secondary N) is 1. The SMILES string of the molecule is CC.CC(=O)Nc1cccc(C)c1.[HH]. The van der Waals surface area contributed by atoms with Crippen molar-refractivity contribution in [2.75, 3.05) is 5.32 Å². The summed E-state index contributed by atoms with van der Waals surface area (Å²) >= 11 is 0. The molecule has 0 aliphatic rings. The Morgan fingerprint density at radius 1 is 1.38 bits per heavy atom. The van der Waals surface area contributed by atoms with Gasteiger partial charge in [-0.3, -0.25) is 4.79 Å². The number of carbonyl (C=O) groups is 1. The normalized spacial score (nSPS) is 8.31. The van der Waals surface area contributed by atoms with E-state index >= 15 is 0 Å². The fourth-order valence-electron chi connectivity index (χ4n) is 0.926. The molecule has 1 aromatic rings. The van der Waals surface area contributed by atoms with Crippen LogP contribution < -0.4 is 5.32 Å². The van der Waals surface area contributed by atoms with Crippen molar-refractivity contribution in [2.24, 2.45) is 0 Å². The second-order valence-corrected chi connectivity index (χ2v) is 2.55.